The van der Waals surface area contributed by atoms with Crippen LogP contribution in [-0.4, -0.2) is 53.0 Å². The van der Waals surface area contributed by atoms with Gasteiger partial charge in [0, 0.05) is 30.4 Å². The number of aliphatic hydroxyl groups is 1. The number of rotatable bonds is 17. The average Bonchev–Trinajstić information content (AvgIpc) is 3.27. The lowest BCUT2D eigenvalue weighted by molar-refractivity contribution is 0.174. The third-order valence-electron chi connectivity index (χ3n) is 9.54. The van der Waals surface area contributed by atoms with Gasteiger partial charge in [-0.2, -0.15) is 0 Å². The van der Waals surface area contributed by atoms with Crippen LogP contribution in [0.2, 0.25) is 0 Å². The first-order valence-corrected chi connectivity index (χ1v) is 20.3. The van der Waals surface area contributed by atoms with Crippen molar-refractivity contribution in [1.29, 1.82) is 0 Å². The number of nitrogens with one attached hydrogen (secondary N) is 3. The minimum absolute atomic E-state index is 0.0870. The van der Waals surface area contributed by atoms with E-state index in [2.05, 4.69) is 15.4 Å². The molecular formula is C46H46N4O8S. The van der Waals surface area contributed by atoms with E-state index in [0.717, 1.165) is 22.3 Å². The second-order valence-corrected chi connectivity index (χ2v) is 15.2. The highest BCUT2D eigenvalue weighted by atomic mass is 32.2. The maximum atomic E-state index is 13.4. The van der Waals surface area contributed by atoms with Gasteiger partial charge in [0.1, 0.15) is 12.4 Å². The van der Waals surface area contributed by atoms with Gasteiger partial charge in [0.15, 0.2) is 0 Å². The zero-order valence-corrected chi connectivity index (χ0v) is 33.5. The number of nitrogens with zero attached hydrogens (tertiary/aromatic N) is 1. The molecule has 0 spiro atoms. The van der Waals surface area contributed by atoms with E-state index in [1.54, 1.807) is 53.4 Å². The van der Waals surface area contributed by atoms with Crippen molar-refractivity contribution in [3.05, 3.63) is 186 Å². The molecule has 12 nitrogen and oxygen atoms in total. The van der Waals surface area contributed by atoms with Gasteiger partial charge in [0.05, 0.1) is 37.5 Å². The van der Waals surface area contributed by atoms with E-state index >= 15 is 0 Å². The number of anilines is 3. The number of sulfonamides is 1. The molecule has 6 aromatic carbocycles. The summed E-state index contributed by atoms with van der Waals surface area (Å²) in [7, 11) is -1.34. The third kappa shape index (κ3) is 11.5. The average molecular weight is 815 g/mol. The third-order valence-corrected chi connectivity index (χ3v) is 10.9. The summed E-state index contributed by atoms with van der Waals surface area (Å²) >= 11 is 0. The molecular weight excluding hydrogens is 769 g/mol. The molecule has 1 unspecified atom stereocenters. The summed E-state index contributed by atoms with van der Waals surface area (Å²) in [6, 6.07) is 47.1. The van der Waals surface area contributed by atoms with Gasteiger partial charge in [-0.3, -0.25) is 14.9 Å². The van der Waals surface area contributed by atoms with Crippen molar-refractivity contribution in [1.82, 2.24) is 5.32 Å². The molecule has 304 valence electrons. The molecule has 0 saturated carbocycles. The van der Waals surface area contributed by atoms with Crippen molar-refractivity contribution in [3.63, 3.8) is 0 Å². The van der Waals surface area contributed by atoms with Crippen LogP contribution in [0.4, 0.5) is 26.7 Å². The Morgan fingerprint density at radius 3 is 1.86 bits per heavy atom. The maximum Gasteiger partial charge on any atom is 0.414 e. The van der Waals surface area contributed by atoms with Gasteiger partial charge in [-0.1, -0.05) is 109 Å². The second kappa shape index (κ2) is 20.1. The predicted molar refractivity (Wildman–Crippen MR) is 228 cm³/mol. The largest absolute Gasteiger partial charge is 0.487 e. The summed E-state index contributed by atoms with van der Waals surface area (Å²) in [6.45, 7) is 1.04. The standard InChI is InChI=1S/C46H46N4O8S/c1-56-45(52)48-38-23-18-35(19-24-38)41(36-20-25-39(26-21-36)50(46(53)57-2)31-33-12-6-3-7-13-33)29-47-30-43(51)37-22-27-44(58-32-34-14-8-4-9-15-34)42(28-37)49-59(54,55)40-16-10-5-11-17-40/h3-28,41,43,47,49,51H,29-32H2,1-2H3,(H,48,52)/t41?,43-/m0/s1. The van der Waals surface area contributed by atoms with Crippen LogP contribution in [0, 0.1) is 0 Å². The van der Waals surface area contributed by atoms with Gasteiger partial charge in [-0.15, -0.1) is 0 Å². The number of methoxy groups -OCH3 is 2. The lowest BCUT2D eigenvalue weighted by atomic mass is 9.90. The van der Waals surface area contributed by atoms with E-state index in [1.165, 1.54) is 26.4 Å². The molecule has 59 heavy (non-hydrogen) atoms. The van der Waals surface area contributed by atoms with Crippen LogP contribution in [0.25, 0.3) is 0 Å². The van der Waals surface area contributed by atoms with E-state index in [1.807, 2.05) is 97.1 Å². The van der Waals surface area contributed by atoms with E-state index in [-0.39, 0.29) is 29.7 Å². The minimum Gasteiger partial charge on any atom is -0.487 e. The summed E-state index contributed by atoms with van der Waals surface area (Å²) < 4.78 is 45.4. The van der Waals surface area contributed by atoms with Crippen LogP contribution in [0.5, 0.6) is 5.75 Å². The number of aliphatic hydroxyl groups excluding tert-OH is 1. The maximum absolute atomic E-state index is 13.4. The van der Waals surface area contributed by atoms with Crippen LogP contribution in [0.15, 0.2) is 163 Å². The van der Waals surface area contributed by atoms with Crippen molar-refractivity contribution in [2.45, 2.75) is 30.1 Å². The van der Waals surface area contributed by atoms with Gasteiger partial charge >= 0.3 is 12.2 Å². The summed E-state index contributed by atoms with van der Waals surface area (Å²) in [6.07, 6.45) is -2.10. The Bertz CT molecular complexity index is 2380. The number of benzene rings is 6. The lowest BCUT2D eigenvalue weighted by Gasteiger charge is -2.24. The highest BCUT2D eigenvalue weighted by Gasteiger charge is 2.22. The molecule has 0 aliphatic carbocycles. The Kier molecular flexibility index (Phi) is 14.3. The molecule has 0 saturated heterocycles. The number of hydrogen-bond donors (Lipinski definition) is 4. The first-order valence-electron chi connectivity index (χ1n) is 18.8. The van der Waals surface area contributed by atoms with Crippen LogP contribution in [0.1, 0.15) is 39.8 Å². The van der Waals surface area contributed by atoms with Crippen LogP contribution >= 0.6 is 0 Å². The fourth-order valence-corrected chi connectivity index (χ4v) is 7.48. The monoisotopic (exact) mass is 814 g/mol. The van der Waals surface area contributed by atoms with Crippen molar-refractivity contribution in [2.75, 3.05) is 42.2 Å². The summed E-state index contributed by atoms with van der Waals surface area (Å²) in [4.78, 5) is 26.3. The summed E-state index contributed by atoms with van der Waals surface area (Å²) in [5.74, 6) is 0.0755. The SMILES string of the molecule is COC(=O)Nc1ccc(C(CNC[C@H](O)c2ccc(OCc3ccccc3)c(NS(=O)(=O)c3ccccc3)c2)c2ccc(N(Cc3ccccc3)C(=O)OC)cc2)cc1. The predicted octanol–water partition coefficient (Wildman–Crippen LogP) is 8.47. The Hall–Kier alpha value is -6.67. The molecule has 13 heteroatoms. The Labute approximate surface area is 344 Å². The zero-order valence-electron chi connectivity index (χ0n) is 32.7. The van der Waals surface area contributed by atoms with Crippen molar-refractivity contribution < 1.29 is 37.3 Å². The highest BCUT2D eigenvalue weighted by Crippen LogP contribution is 2.32. The smallest absolute Gasteiger partial charge is 0.414 e. The van der Waals surface area contributed by atoms with Crippen molar-refractivity contribution >= 4 is 39.3 Å². The molecule has 0 aromatic heterocycles. The molecule has 4 N–H and O–H groups in total. The van der Waals surface area contributed by atoms with Crippen LogP contribution in [-0.2, 0) is 32.6 Å². The fraction of sp³-hybridized carbons (Fsp3) is 0.174. The van der Waals surface area contributed by atoms with E-state index in [9.17, 15) is 23.1 Å². The van der Waals surface area contributed by atoms with Gasteiger partial charge in [-0.25, -0.2) is 18.0 Å². The molecule has 0 aliphatic rings. The molecule has 0 aliphatic heterocycles. The quantitative estimate of drug-likeness (QED) is 0.0710. The molecule has 0 heterocycles. The number of carbonyl (C=O) groups is 2. The summed E-state index contributed by atoms with van der Waals surface area (Å²) in [5, 5.41) is 17.5. The van der Waals surface area contributed by atoms with E-state index < -0.39 is 28.3 Å². The van der Waals surface area contributed by atoms with Crippen molar-refractivity contribution in [2.24, 2.45) is 0 Å². The van der Waals surface area contributed by atoms with Gasteiger partial charge < -0.3 is 24.6 Å². The molecule has 2 amide bonds. The molecule has 0 radical (unpaired) electrons. The highest BCUT2D eigenvalue weighted by molar-refractivity contribution is 7.92. The Morgan fingerprint density at radius 1 is 0.678 bits per heavy atom. The molecule has 0 fully saturated rings. The normalized spacial score (nSPS) is 12.1. The fourth-order valence-electron chi connectivity index (χ4n) is 6.40. The minimum atomic E-state index is -3.98. The topological polar surface area (TPSA) is 156 Å². The first-order chi connectivity index (χ1) is 28.6. The Balaban J connectivity index is 1.22. The summed E-state index contributed by atoms with van der Waals surface area (Å²) in [5.41, 5.74) is 5.56. The van der Waals surface area contributed by atoms with Crippen LogP contribution in [0.3, 0.4) is 0 Å². The van der Waals surface area contributed by atoms with E-state index in [4.69, 9.17) is 14.2 Å². The zero-order chi connectivity index (χ0) is 41.6. The van der Waals surface area contributed by atoms with Gasteiger partial charge in [0.25, 0.3) is 10.0 Å². The van der Waals surface area contributed by atoms with Crippen LogP contribution < -0.4 is 25.0 Å². The van der Waals surface area contributed by atoms with Gasteiger partial charge in [-0.05, 0) is 76.3 Å². The number of ether oxygens (including phenoxy) is 3. The van der Waals surface area contributed by atoms with Crippen molar-refractivity contribution in [3.8, 4) is 5.75 Å². The molecule has 6 rings (SSSR count). The lowest BCUT2D eigenvalue weighted by Crippen LogP contribution is -2.30. The molecule has 6 aromatic rings. The molecule has 0 bridgehead atoms. The number of carbonyl (C=O) groups excluding carboxylic acids is 2. The number of amides is 2. The number of hydrogen-bond acceptors (Lipinski definition) is 9. The Morgan fingerprint density at radius 2 is 1.25 bits per heavy atom. The molecule has 2 atom stereocenters. The second-order valence-electron chi connectivity index (χ2n) is 13.5. The van der Waals surface area contributed by atoms with Gasteiger partial charge in [0.2, 0.25) is 0 Å². The van der Waals surface area contributed by atoms with E-state index in [0.29, 0.717) is 35.8 Å². The first kappa shape index (κ1) is 41.9.